The molecule has 1 unspecified atom stereocenters. The van der Waals surface area contributed by atoms with Crippen LogP contribution in [0.2, 0.25) is 0 Å². The van der Waals surface area contributed by atoms with Gasteiger partial charge in [-0.1, -0.05) is 19.3 Å². The molecule has 3 heterocycles. The standard InChI is InChI=1S/C25H35N5O2S/c1-17-13-18(2)30(28-17)12-6-11-29-16-27-23-22(24(29)31)20-8-7-19(14-21(20)33-23)26-15-25(32)9-4-3-5-10-25/h13,16,19,26,32H,3-12,14-15H2,1-2H3. The number of aromatic nitrogens is 4. The van der Waals surface area contributed by atoms with Crippen LogP contribution in [0.3, 0.4) is 0 Å². The first-order valence-electron chi connectivity index (χ1n) is 12.4. The predicted octanol–water partition coefficient (Wildman–Crippen LogP) is 3.50. The Labute approximate surface area is 198 Å². The molecular weight excluding hydrogens is 434 g/mol. The van der Waals surface area contributed by atoms with Crippen LogP contribution in [-0.4, -0.2) is 42.6 Å². The van der Waals surface area contributed by atoms with E-state index < -0.39 is 5.60 Å². The second kappa shape index (κ2) is 9.31. The maximum absolute atomic E-state index is 13.3. The fourth-order valence-corrected chi connectivity index (χ4v) is 6.81. The Balaban J connectivity index is 1.26. The van der Waals surface area contributed by atoms with Crippen molar-refractivity contribution in [2.75, 3.05) is 6.54 Å². The van der Waals surface area contributed by atoms with Crippen molar-refractivity contribution in [3.63, 3.8) is 0 Å². The highest BCUT2D eigenvalue weighted by atomic mass is 32.1. The first-order chi connectivity index (χ1) is 15.9. The van der Waals surface area contributed by atoms with Crippen molar-refractivity contribution in [1.29, 1.82) is 0 Å². The molecule has 1 saturated carbocycles. The van der Waals surface area contributed by atoms with Gasteiger partial charge in [0.05, 0.1) is 23.0 Å². The zero-order chi connectivity index (χ0) is 23.0. The van der Waals surface area contributed by atoms with Crippen molar-refractivity contribution in [3.05, 3.63) is 44.6 Å². The van der Waals surface area contributed by atoms with Gasteiger partial charge in [-0.2, -0.15) is 5.10 Å². The lowest BCUT2D eigenvalue weighted by Crippen LogP contribution is -2.47. The third-order valence-corrected chi connectivity index (χ3v) is 8.57. The van der Waals surface area contributed by atoms with E-state index in [4.69, 9.17) is 0 Å². The molecular formula is C25H35N5O2S. The predicted molar refractivity (Wildman–Crippen MR) is 132 cm³/mol. The lowest BCUT2D eigenvalue weighted by molar-refractivity contribution is 0.00233. The molecule has 0 aromatic carbocycles. The third-order valence-electron chi connectivity index (χ3n) is 7.41. The molecule has 7 nitrogen and oxygen atoms in total. The van der Waals surface area contributed by atoms with Crippen LogP contribution in [0.15, 0.2) is 17.2 Å². The van der Waals surface area contributed by atoms with Crippen molar-refractivity contribution < 1.29 is 5.11 Å². The third kappa shape index (κ3) is 4.79. The van der Waals surface area contributed by atoms with E-state index in [0.29, 0.717) is 19.1 Å². The summed E-state index contributed by atoms with van der Waals surface area (Å²) in [6.07, 6.45) is 10.7. The fraction of sp³-hybridized carbons (Fsp3) is 0.640. The minimum Gasteiger partial charge on any atom is -0.389 e. The van der Waals surface area contributed by atoms with Crippen molar-refractivity contribution in [3.8, 4) is 0 Å². The van der Waals surface area contributed by atoms with Gasteiger partial charge in [-0.25, -0.2) is 4.98 Å². The second-order valence-electron chi connectivity index (χ2n) is 10.0. The van der Waals surface area contributed by atoms with Gasteiger partial charge in [0.25, 0.3) is 5.56 Å². The number of aliphatic hydroxyl groups is 1. The molecule has 0 spiro atoms. The highest BCUT2D eigenvalue weighted by molar-refractivity contribution is 7.18. The molecule has 3 aromatic heterocycles. The smallest absolute Gasteiger partial charge is 0.262 e. The van der Waals surface area contributed by atoms with Gasteiger partial charge in [-0.05, 0) is 64.0 Å². The van der Waals surface area contributed by atoms with Crippen LogP contribution >= 0.6 is 11.3 Å². The number of thiophene rings is 1. The molecule has 2 aliphatic rings. The summed E-state index contributed by atoms with van der Waals surface area (Å²) >= 11 is 1.67. The molecule has 178 valence electrons. The van der Waals surface area contributed by atoms with Gasteiger partial charge >= 0.3 is 0 Å². The summed E-state index contributed by atoms with van der Waals surface area (Å²) in [5, 5.41) is 19.8. The summed E-state index contributed by atoms with van der Waals surface area (Å²) < 4.78 is 3.78. The molecule has 1 fully saturated rings. The number of hydrogen-bond donors (Lipinski definition) is 2. The van der Waals surface area contributed by atoms with Gasteiger partial charge in [0, 0.05) is 36.2 Å². The summed E-state index contributed by atoms with van der Waals surface area (Å²) in [6, 6.07) is 2.44. The van der Waals surface area contributed by atoms with E-state index in [2.05, 4.69) is 28.4 Å². The number of nitrogens with zero attached hydrogens (tertiary/aromatic N) is 4. The van der Waals surface area contributed by atoms with Gasteiger partial charge in [0.15, 0.2) is 0 Å². The SMILES string of the molecule is Cc1cc(C)n(CCCn2cnc3sc4c(c3c2=O)CCC(NCC2(O)CCCCC2)C4)n1. The van der Waals surface area contributed by atoms with Crippen molar-refractivity contribution in [2.24, 2.45) is 0 Å². The lowest BCUT2D eigenvalue weighted by atomic mass is 9.84. The van der Waals surface area contributed by atoms with Crippen LogP contribution in [0, 0.1) is 13.8 Å². The summed E-state index contributed by atoms with van der Waals surface area (Å²) in [4.78, 5) is 20.1. The Hall–Kier alpha value is -2.03. The maximum Gasteiger partial charge on any atom is 0.262 e. The normalized spacial score (nSPS) is 20.3. The lowest BCUT2D eigenvalue weighted by Gasteiger charge is -2.34. The second-order valence-corrected chi connectivity index (χ2v) is 11.1. The van der Waals surface area contributed by atoms with Crippen LogP contribution in [-0.2, 0) is 25.9 Å². The molecule has 0 saturated heterocycles. The van der Waals surface area contributed by atoms with Gasteiger partial charge in [-0.15, -0.1) is 11.3 Å². The minimum absolute atomic E-state index is 0.0915. The van der Waals surface area contributed by atoms with Crippen molar-refractivity contribution >= 4 is 21.6 Å². The number of fused-ring (bicyclic) bond motifs is 3. The van der Waals surface area contributed by atoms with E-state index in [9.17, 15) is 9.90 Å². The van der Waals surface area contributed by atoms with Crippen LogP contribution in [0.25, 0.3) is 10.2 Å². The molecule has 2 aliphatic carbocycles. The van der Waals surface area contributed by atoms with E-state index >= 15 is 0 Å². The van der Waals surface area contributed by atoms with Crippen LogP contribution in [0.4, 0.5) is 0 Å². The van der Waals surface area contributed by atoms with Crippen molar-refractivity contribution in [1.82, 2.24) is 24.6 Å². The highest BCUT2D eigenvalue weighted by Crippen LogP contribution is 2.34. The fourth-order valence-electron chi connectivity index (χ4n) is 5.55. The first kappa shape index (κ1) is 22.7. The summed E-state index contributed by atoms with van der Waals surface area (Å²) in [6.45, 7) is 6.19. The largest absolute Gasteiger partial charge is 0.389 e. The van der Waals surface area contributed by atoms with Crippen LogP contribution < -0.4 is 10.9 Å². The number of rotatable bonds is 7. The van der Waals surface area contributed by atoms with Crippen LogP contribution in [0.1, 0.15) is 66.8 Å². The monoisotopic (exact) mass is 469 g/mol. The average molecular weight is 470 g/mol. The Morgan fingerprint density at radius 3 is 2.82 bits per heavy atom. The highest BCUT2D eigenvalue weighted by Gasteiger charge is 2.31. The Bertz CT molecular complexity index is 1190. The number of hydrogen-bond acceptors (Lipinski definition) is 6. The summed E-state index contributed by atoms with van der Waals surface area (Å²) in [5.74, 6) is 0. The molecule has 5 rings (SSSR count). The summed E-state index contributed by atoms with van der Waals surface area (Å²) in [7, 11) is 0. The van der Waals surface area contributed by atoms with Gasteiger partial charge < -0.3 is 10.4 Å². The summed E-state index contributed by atoms with van der Waals surface area (Å²) in [5.41, 5.74) is 2.93. The topological polar surface area (TPSA) is 85.0 Å². The molecule has 0 amide bonds. The molecule has 3 aromatic rings. The van der Waals surface area contributed by atoms with E-state index in [1.54, 1.807) is 22.2 Å². The Morgan fingerprint density at radius 1 is 1.24 bits per heavy atom. The Kier molecular flexibility index (Phi) is 6.42. The molecule has 33 heavy (non-hydrogen) atoms. The number of nitrogens with one attached hydrogen (secondary N) is 1. The van der Waals surface area contributed by atoms with Gasteiger partial charge in [0.1, 0.15) is 4.83 Å². The molecule has 0 bridgehead atoms. The average Bonchev–Trinajstić information content (AvgIpc) is 3.33. The molecule has 2 N–H and O–H groups in total. The first-order valence-corrected chi connectivity index (χ1v) is 13.2. The van der Waals surface area contributed by atoms with E-state index in [1.165, 1.54) is 16.9 Å². The molecule has 0 radical (unpaired) electrons. The zero-order valence-electron chi connectivity index (χ0n) is 19.8. The molecule has 1 atom stereocenters. The maximum atomic E-state index is 13.3. The Morgan fingerprint density at radius 2 is 2.06 bits per heavy atom. The molecule has 0 aliphatic heterocycles. The van der Waals surface area contributed by atoms with Gasteiger partial charge in [0.2, 0.25) is 0 Å². The molecule has 8 heteroatoms. The van der Waals surface area contributed by atoms with E-state index in [1.807, 2.05) is 11.6 Å². The van der Waals surface area contributed by atoms with E-state index in [-0.39, 0.29) is 5.56 Å². The quantitative estimate of drug-likeness (QED) is 0.553. The van der Waals surface area contributed by atoms with Crippen molar-refractivity contribution in [2.45, 2.75) is 96.4 Å². The minimum atomic E-state index is -0.540. The zero-order valence-corrected chi connectivity index (χ0v) is 20.6. The number of aryl methyl sites for hydroxylation is 5. The van der Waals surface area contributed by atoms with E-state index in [0.717, 1.165) is 79.5 Å². The van der Waals surface area contributed by atoms with Crippen LogP contribution in [0.5, 0.6) is 0 Å². The van der Waals surface area contributed by atoms with Gasteiger partial charge in [-0.3, -0.25) is 14.0 Å².